The molecule has 0 unspecified atom stereocenters. The van der Waals surface area contributed by atoms with Crippen LogP contribution in [0.15, 0.2) is 41.1 Å². The van der Waals surface area contributed by atoms with Gasteiger partial charge in [0, 0.05) is 5.56 Å². The number of aromatic nitrogens is 1. The summed E-state index contributed by atoms with van der Waals surface area (Å²) in [7, 11) is 0. The van der Waals surface area contributed by atoms with Crippen LogP contribution in [0.4, 0.5) is 0 Å². The lowest BCUT2D eigenvalue weighted by atomic mass is 10.1. The van der Waals surface area contributed by atoms with Crippen molar-refractivity contribution in [1.29, 1.82) is 0 Å². The highest BCUT2D eigenvalue weighted by atomic mass is 35.5. The average Bonchev–Trinajstić information content (AvgIpc) is 2.70. The number of hydrogen-bond donors (Lipinski definition) is 1. The molecule has 1 aromatic carbocycles. The molecule has 0 bridgehead atoms. The standard InChI is InChI=1S/C10H8N2O2.ClH/c11-9(13)7-3-1-2-4-8(7)10-12-5-6-14-10;/h1-6H,(H2,11,13);1H. The molecule has 15 heavy (non-hydrogen) atoms. The number of amides is 1. The van der Waals surface area contributed by atoms with E-state index in [4.69, 9.17) is 10.2 Å². The first-order valence-electron chi connectivity index (χ1n) is 4.08. The minimum Gasteiger partial charge on any atom is -0.445 e. The van der Waals surface area contributed by atoms with Crippen molar-refractivity contribution in [2.75, 3.05) is 0 Å². The van der Waals surface area contributed by atoms with Crippen molar-refractivity contribution >= 4 is 18.3 Å². The molecule has 0 saturated heterocycles. The van der Waals surface area contributed by atoms with E-state index in [-0.39, 0.29) is 12.4 Å². The molecule has 2 N–H and O–H groups in total. The van der Waals surface area contributed by atoms with Gasteiger partial charge in [0.15, 0.2) is 0 Å². The molecule has 0 spiro atoms. The van der Waals surface area contributed by atoms with Gasteiger partial charge in [0.05, 0.1) is 11.8 Å². The fourth-order valence-electron chi connectivity index (χ4n) is 1.24. The molecule has 0 radical (unpaired) electrons. The number of hydrogen-bond acceptors (Lipinski definition) is 3. The third-order valence-electron chi connectivity index (χ3n) is 1.86. The van der Waals surface area contributed by atoms with Crippen molar-refractivity contribution in [3.8, 4) is 11.5 Å². The molecule has 1 aromatic heterocycles. The van der Waals surface area contributed by atoms with Crippen molar-refractivity contribution in [1.82, 2.24) is 4.98 Å². The molecule has 1 heterocycles. The molecule has 2 aromatic rings. The predicted molar refractivity (Wildman–Crippen MR) is 57.7 cm³/mol. The second-order valence-electron chi connectivity index (χ2n) is 2.75. The van der Waals surface area contributed by atoms with Gasteiger partial charge in [-0.2, -0.15) is 0 Å². The number of oxazole rings is 1. The highest BCUT2D eigenvalue weighted by molar-refractivity contribution is 5.98. The first-order chi connectivity index (χ1) is 6.79. The second kappa shape index (κ2) is 4.61. The Hall–Kier alpha value is -1.81. The van der Waals surface area contributed by atoms with E-state index in [0.29, 0.717) is 17.0 Å². The van der Waals surface area contributed by atoms with Crippen molar-refractivity contribution < 1.29 is 9.21 Å². The Morgan fingerprint density at radius 2 is 2.07 bits per heavy atom. The van der Waals surface area contributed by atoms with Gasteiger partial charge in [-0.05, 0) is 12.1 Å². The number of carbonyl (C=O) groups is 1. The van der Waals surface area contributed by atoms with Crippen LogP contribution in [0.3, 0.4) is 0 Å². The van der Waals surface area contributed by atoms with Crippen LogP contribution in [-0.4, -0.2) is 10.9 Å². The first kappa shape index (κ1) is 11.3. The zero-order chi connectivity index (χ0) is 9.97. The summed E-state index contributed by atoms with van der Waals surface area (Å²) in [6, 6.07) is 6.92. The molecule has 1 amide bonds. The van der Waals surface area contributed by atoms with Gasteiger partial charge in [-0.3, -0.25) is 4.79 Å². The molecule has 4 nitrogen and oxygen atoms in total. The smallest absolute Gasteiger partial charge is 0.249 e. The first-order valence-corrected chi connectivity index (χ1v) is 4.08. The summed E-state index contributed by atoms with van der Waals surface area (Å²) in [6.45, 7) is 0. The summed E-state index contributed by atoms with van der Waals surface area (Å²) in [4.78, 5) is 15.0. The molecule has 0 fully saturated rings. The minimum absolute atomic E-state index is 0. The number of rotatable bonds is 2. The molecule has 0 aliphatic heterocycles. The lowest BCUT2D eigenvalue weighted by Crippen LogP contribution is -2.12. The quantitative estimate of drug-likeness (QED) is 0.847. The molecule has 2 rings (SSSR count). The number of nitrogens with zero attached hydrogens (tertiary/aromatic N) is 1. The molecule has 0 atom stereocenters. The summed E-state index contributed by atoms with van der Waals surface area (Å²) in [5.41, 5.74) is 6.24. The van der Waals surface area contributed by atoms with Gasteiger partial charge in [-0.1, -0.05) is 12.1 Å². The van der Waals surface area contributed by atoms with Crippen LogP contribution in [0, 0.1) is 0 Å². The van der Waals surface area contributed by atoms with Crippen LogP contribution in [0.1, 0.15) is 10.4 Å². The molecular formula is C10H9ClN2O2. The maximum Gasteiger partial charge on any atom is 0.249 e. The number of nitrogens with two attached hydrogens (primary N) is 1. The second-order valence-corrected chi connectivity index (χ2v) is 2.75. The monoisotopic (exact) mass is 224 g/mol. The maximum atomic E-state index is 11.1. The Morgan fingerprint density at radius 3 is 2.67 bits per heavy atom. The topological polar surface area (TPSA) is 69.1 Å². The Morgan fingerprint density at radius 1 is 1.33 bits per heavy atom. The number of primary amides is 1. The fraction of sp³-hybridized carbons (Fsp3) is 0. The highest BCUT2D eigenvalue weighted by Crippen LogP contribution is 2.20. The van der Waals surface area contributed by atoms with Crippen LogP contribution >= 0.6 is 12.4 Å². The fourth-order valence-corrected chi connectivity index (χ4v) is 1.24. The van der Waals surface area contributed by atoms with E-state index in [1.54, 1.807) is 24.3 Å². The Kier molecular flexibility index (Phi) is 3.46. The van der Waals surface area contributed by atoms with Crippen molar-refractivity contribution in [3.63, 3.8) is 0 Å². The predicted octanol–water partition coefficient (Wildman–Crippen LogP) is 1.86. The van der Waals surface area contributed by atoms with E-state index >= 15 is 0 Å². The van der Waals surface area contributed by atoms with Gasteiger partial charge in [0.1, 0.15) is 6.26 Å². The molecule has 0 saturated carbocycles. The Labute approximate surface area is 92.5 Å². The number of halogens is 1. The lowest BCUT2D eigenvalue weighted by Gasteiger charge is -2.00. The Bertz CT molecular complexity index is 454. The van der Waals surface area contributed by atoms with Gasteiger partial charge < -0.3 is 10.2 Å². The number of carbonyl (C=O) groups excluding carboxylic acids is 1. The summed E-state index contributed by atoms with van der Waals surface area (Å²) in [6.07, 6.45) is 2.97. The van der Waals surface area contributed by atoms with E-state index in [9.17, 15) is 4.79 Å². The van der Waals surface area contributed by atoms with Crippen molar-refractivity contribution in [3.05, 3.63) is 42.3 Å². The lowest BCUT2D eigenvalue weighted by molar-refractivity contribution is 0.100. The zero-order valence-electron chi connectivity index (χ0n) is 7.71. The van der Waals surface area contributed by atoms with Crippen LogP contribution in [0.5, 0.6) is 0 Å². The highest BCUT2D eigenvalue weighted by Gasteiger charge is 2.11. The van der Waals surface area contributed by atoms with E-state index in [1.807, 2.05) is 0 Å². The third kappa shape index (κ3) is 2.16. The number of benzene rings is 1. The van der Waals surface area contributed by atoms with Crippen LogP contribution in [0.25, 0.3) is 11.5 Å². The summed E-state index contributed by atoms with van der Waals surface area (Å²) < 4.78 is 5.09. The largest absolute Gasteiger partial charge is 0.445 e. The van der Waals surface area contributed by atoms with E-state index in [2.05, 4.69) is 4.98 Å². The van der Waals surface area contributed by atoms with E-state index in [1.165, 1.54) is 12.5 Å². The van der Waals surface area contributed by atoms with Crippen molar-refractivity contribution in [2.45, 2.75) is 0 Å². The van der Waals surface area contributed by atoms with E-state index < -0.39 is 5.91 Å². The summed E-state index contributed by atoms with van der Waals surface area (Å²) in [5, 5.41) is 0. The van der Waals surface area contributed by atoms with Crippen molar-refractivity contribution in [2.24, 2.45) is 5.73 Å². The molecule has 0 aliphatic rings. The molecule has 0 aliphatic carbocycles. The summed E-state index contributed by atoms with van der Waals surface area (Å²) >= 11 is 0. The molecule has 5 heteroatoms. The minimum atomic E-state index is -0.487. The average molecular weight is 225 g/mol. The van der Waals surface area contributed by atoms with Crippen LogP contribution in [0.2, 0.25) is 0 Å². The third-order valence-corrected chi connectivity index (χ3v) is 1.86. The van der Waals surface area contributed by atoms with Gasteiger partial charge in [0.2, 0.25) is 11.8 Å². The summed E-state index contributed by atoms with van der Waals surface area (Å²) in [5.74, 6) is -0.0850. The molecular weight excluding hydrogens is 216 g/mol. The maximum absolute atomic E-state index is 11.1. The van der Waals surface area contributed by atoms with E-state index in [0.717, 1.165) is 0 Å². The van der Waals surface area contributed by atoms with Gasteiger partial charge in [-0.15, -0.1) is 12.4 Å². The van der Waals surface area contributed by atoms with Gasteiger partial charge in [-0.25, -0.2) is 4.98 Å². The SMILES string of the molecule is Cl.NC(=O)c1ccccc1-c1ncco1. The Balaban J connectivity index is 0.00000112. The normalized spacial score (nSPS) is 9.33. The van der Waals surface area contributed by atoms with Crippen LogP contribution in [-0.2, 0) is 0 Å². The molecule has 78 valence electrons. The van der Waals surface area contributed by atoms with Gasteiger partial charge >= 0.3 is 0 Å². The zero-order valence-corrected chi connectivity index (χ0v) is 8.53. The van der Waals surface area contributed by atoms with Gasteiger partial charge in [0.25, 0.3) is 0 Å². The van der Waals surface area contributed by atoms with Crippen LogP contribution < -0.4 is 5.73 Å².